The molecule has 0 saturated carbocycles. The van der Waals surface area contributed by atoms with E-state index in [1.165, 1.54) is 16.4 Å². The minimum absolute atomic E-state index is 0.487. The van der Waals surface area contributed by atoms with Crippen LogP contribution in [-0.2, 0) is 5.75 Å². The van der Waals surface area contributed by atoms with Crippen LogP contribution in [0.25, 0.3) is 22.9 Å². The van der Waals surface area contributed by atoms with E-state index in [4.69, 9.17) is 10.9 Å². The molecule has 0 fully saturated rings. The van der Waals surface area contributed by atoms with Gasteiger partial charge in [-0.05, 0) is 32.0 Å². The maximum Gasteiger partial charge on any atom is 0.271 e. The number of hydrogen-bond acceptors (Lipinski definition) is 6. The summed E-state index contributed by atoms with van der Waals surface area (Å²) >= 11 is 1.52. The van der Waals surface area contributed by atoms with Gasteiger partial charge >= 0.3 is 0 Å². The molecule has 0 saturated heterocycles. The second-order valence-corrected chi connectivity index (χ2v) is 8.37. The summed E-state index contributed by atoms with van der Waals surface area (Å²) in [7, 11) is 0. The number of thioether (sulfide) groups is 1. The van der Waals surface area contributed by atoms with Crippen LogP contribution >= 0.6 is 11.8 Å². The van der Waals surface area contributed by atoms with E-state index in [1.807, 2.05) is 73.1 Å². The molecule has 0 aliphatic heterocycles. The quantitative estimate of drug-likeness (QED) is 0.316. The number of para-hydroxylation sites is 1. The summed E-state index contributed by atoms with van der Waals surface area (Å²) in [6, 6.07) is 22.2. The first-order valence-electron chi connectivity index (χ1n) is 10.2. The van der Waals surface area contributed by atoms with Crippen LogP contribution in [-0.4, -0.2) is 34.4 Å². The number of rotatable bonds is 6. The summed E-state index contributed by atoms with van der Waals surface area (Å²) in [6.07, 6.45) is 2.06. The predicted molar refractivity (Wildman–Crippen MR) is 125 cm³/mol. The topological polar surface area (TPSA) is 92.4 Å². The molecule has 0 bridgehead atoms. The van der Waals surface area contributed by atoms with E-state index in [-0.39, 0.29) is 0 Å². The molecular formula is C23H22N8S. The molecule has 0 amide bonds. The van der Waals surface area contributed by atoms with Crippen molar-refractivity contribution in [1.29, 1.82) is 0 Å². The fourth-order valence-corrected chi connectivity index (χ4v) is 4.37. The van der Waals surface area contributed by atoms with Gasteiger partial charge in [-0.1, -0.05) is 60.3 Å². The van der Waals surface area contributed by atoms with Gasteiger partial charge in [0.05, 0.1) is 17.1 Å². The molecule has 32 heavy (non-hydrogen) atoms. The van der Waals surface area contributed by atoms with Crippen molar-refractivity contribution in [3.05, 3.63) is 89.9 Å². The summed E-state index contributed by atoms with van der Waals surface area (Å²) < 4.78 is 5.09. The van der Waals surface area contributed by atoms with Crippen molar-refractivity contribution in [2.75, 3.05) is 5.84 Å². The first-order valence-corrected chi connectivity index (χ1v) is 11.1. The minimum Gasteiger partial charge on any atom is -0.334 e. The predicted octanol–water partition coefficient (Wildman–Crippen LogP) is 3.94. The van der Waals surface area contributed by atoms with Crippen LogP contribution in [0, 0.1) is 13.8 Å². The molecule has 0 spiro atoms. The third kappa shape index (κ3) is 3.78. The summed E-state index contributed by atoms with van der Waals surface area (Å²) in [5.74, 6) is 7.44. The van der Waals surface area contributed by atoms with Gasteiger partial charge in [-0.15, -0.1) is 10.2 Å². The Morgan fingerprint density at radius 1 is 0.906 bits per heavy atom. The van der Waals surface area contributed by atoms with E-state index in [0.717, 1.165) is 33.9 Å². The van der Waals surface area contributed by atoms with E-state index < -0.39 is 0 Å². The maximum atomic E-state index is 6.31. The molecule has 5 rings (SSSR count). The van der Waals surface area contributed by atoms with E-state index in [0.29, 0.717) is 16.9 Å². The van der Waals surface area contributed by atoms with Crippen LogP contribution in [0.3, 0.4) is 0 Å². The molecule has 0 atom stereocenters. The SMILES string of the molecule is Cc1cc(C)n(-c2nnc(SCc3cn(-c4ccccc4)nc3-c3ccccc3)n2N)n1. The van der Waals surface area contributed by atoms with Gasteiger partial charge in [0.2, 0.25) is 5.16 Å². The van der Waals surface area contributed by atoms with Crippen molar-refractivity contribution in [1.82, 2.24) is 34.4 Å². The van der Waals surface area contributed by atoms with Crippen LogP contribution in [0.1, 0.15) is 17.0 Å². The second-order valence-electron chi connectivity index (χ2n) is 7.43. The number of nitrogens with two attached hydrogens (primary N) is 1. The molecule has 160 valence electrons. The van der Waals surface area contributed by atoms with Crippen molar-refractivity contribution >= 4 is 11.8 Å². The summed E-state index contributed by atoms with van der Waals surface area (Å²) in [5.41, 5.74) is 5.95. The molecule has 0 aliphatic carbocycles. The Hall–Kier alpha value is -3.85. The van der Waals surface area contributed by atoms with Crippen molar-refractivity contribution in [2.24, 2.45) is 0 Å². The maximum absolute atomic E-state index is 6.31. The fraction of sp³-hybridized carbons (Fsp3) is 0.130. The zero-order valence-electron chi connectivity index (χ0n) is 17.8. The summed E-state index contributed by atoms with van der Waals surface area (Å²) in [6.45, 7) is 3.90. The average molecular weight is 443 g/mol. The Kier molecular flexibility index (Phi) is 5.24. The Morgan fingerprint density at radius 2 is 1.62 bits per heavy atom. The third-order valence-corrected chi connectivity index (χ3v) is 6.05. The lowest BCUT2D eigenvalue weighted by molar-refractivity contribution is 0.727. The number of benzene rings is 2. The molecule has 0 aliphatic rings. The van der Waals surface area contributed by atoms with Crippen molar-refractivity contribution in [3.8, 4) is 22.9 Å². The molecule has 5 aromatic rings. The van der Waals surface area contributed by atoms with Gasteiger partial charge in [0.25, 0.3) is 5.95 Å². The van der Waals surface area contributed by atoms with Crippen LogP contribution < -0.4 is 5.84 Å². The van der Waals surface area contributed by atoms with Crippen molar-refractivity contribution in [3.63, 3.8) is 0 Å². The van der Waals surface area contributed by atoms with Gasteiger partial charge in [0.15, 0.2) is 0 Å². The van der Waals surface area contributed by atoms with Crippen LogP contribution in [0.5, 0.6) is 0 Å². The molecular weight excluding hydrogens is 420 g/mol. The Bertz CT molecular complexity index is 1350. The van der Waals surface area contributed by atoms with Gasteiger partial charge in [0, 0.05) is 28.8 Å². The highest BCUT2D eigenvalue weighted by Crippen LogP contribution is 2.29. The molecule has 3 heterocycles. The highest BCUT2D eigenvalue weighted by atomic mass is 32.2. The van der Waals surface area contributed by atoms with E-state index >= 15 is 0 Å². The van der Waals surface area contributed by atoms with Crippen molar-refractivity contribution < 1.29 is 0 Å². The zero-order chi connectivity index (χ0) is 22.1. The van der Waals surface area contributed by atoms with E-state index in [1.54, 1.807) is 4.68 Å². The normalized spacial score (nSPS) is 11.2. The second kappa shape index (κ2) is 8.35. The average Bonchev–Trinajstić information content (AvgIpc) is 3.50. The van der Waals surface area contributed by atoms with Gasteiger partial charge in [-0.25, -0.2) is 14.0 Å². The van der Waals surface area contributed by atoms with Crippen LogP contribution in [0.15, 0.2) is 78.1 Å². The first-order chi connectivity index (χ1) is 15.6. The lowest BCUT2D eigenvalue weighted by atomic mass is 10.1. The Balaban J connectivity index is 1.46. The highest BCUT2D eigenvalue weighted by Gasteiger charge is 2.17. The monoisotopic (exact) mass is 442 g/mol. The Labute approximate surface area is 189 Å². The van der Waals surface area contributed by atoms with Crippen molar-refractivity contribution in [2.45, 2.75) is 24.8 Å². The van der Waals surface area contributed by atoms with Gasteiger partial charge in [-0.2, -0.15) is 10.2 Å². The highest BCUT2D eigenvalue weighted by molar-refractivity contribution is 7.98. The summed E-state index contributed by atoms with van der Waals surface area (Å²) in [4.78, 5) is 0. The van der Waals surface area contributed by atoms with Crippen LogP contribution in [0.2, 0.25) is 0 Å². The number of hydrogen-bond donors (Lipinski definition) is 1. The fourth-order valence-electron chi connectivity index (χ4n) is 3.55. The number of aromatic nitrogens is 7. The number of nitrogen functional groups attached to an aromatic ring is 1. The molecule has 3 aromatic heterocycles. The number of nitrogens with zero attached hydrogens (tertiary/aromatic N) is 7. The molecule has 9 heteroatoms. The van der Waals surface area contributed by atoms with E-state index in [2.05, 4.69) is 33.6 Å². The minimum atomic E-state index is 0.487. The van der Waals surface area contributed by atoms with E-state index in [9.17, 15) is 0 Å². The van der Waals surface area contributed by atoms with Crippen LogP contribution in [0.4, 0.5) is 0 Å². The van der Waals surface area contributed by atoms with Gasteiger partial charge < -0.3 is 5.84 Å². The largest absolute Gasteiger partial charge is 0.334 e. The molecule has 2 N–H and O–H groups in total. The third-order valence-electron chi connectivity index (χ3n) is 5.06. The lowest BCUT2D eigenvalue weighted by Crippen LogP contribution is -2.17. The molecule has 0 unspecified atom stereocenters. The van der Waals surface area contributed by atoms with Gasteiger partial charge in [0.1, 0.15) is 0 Å². The number of aryl methyl sites for hydroxylation is 2. The lowest BCUT2D eigenvalue weighted by Gasteiger charge is -2.05. The zero-order valence-corrected chi connectivity index (χ0v) is 18.6. The first kappa shape index (κ1) is 20.1. The Morgan fingerprint density at radius 3 is 2.31 bits per heavy atom. The molecule has 8 nitrogen and oxygen atoms in total. The van der Waals surface area contributed by atoms with Gasteiger partial charge in [-0.3, -0.25) is 0 Å². The smallest absolute Gasteiger partial charge is 0.271 e. The molecule has 2 aromatic carbocycles. The standard InChI is InChI=1S/C23H22N8S/c1-16-13-17(2)31(27-16)22-25-26-23(30(22)24)32-15-19-14-29(20-11-7-4-8-12-20)28-21(19)18-9-5-3-6-10-18/h3-14H,15,24H2,1-2H3. The molecule has 0 radical (unpaired) electrons. The summed E-state index contributed by atoms with van der Waals surface area (Å²) in [5, 5.41) is 18.5.